The van der Waals surface area contributed by atoms with Crippen LogP contribution in [0.1, 0.15) is 23.2 Å². The molecule has 7 nitrogen and oxygen atoms in total. The highest BCUT2D eigenvalue weighted by atomic mass is 32.2. The third kappa shape index (κ3) is 3.72. The van der Waals surface area contributed by atoms with Crippen molar-refractivity contribution in [1.29, 1.82) is 0 Å². The fourth-order valence-electron chi connectivity index (χ4n) is 2.17. The summed E-state index contributed by atoms with van der Waals surface area (Å²) in [7, 11) is -2.22. The van der Waals surface area contributed by atoms with Crippen molar-refractivity contribution >= 4 is 21.7 Å². The number of benzene rings is 1. The molecule has 1 heterocycles. The summed E-state index contributed by atoms with van der Waals surface area (Å²) in [6.07, 6.45) is 1.61. The molecule has 0 aliphatic carbocycles. The van der Waals surface area contributed by atoms with Crippen LogP contribution in [0.5, 0.6) is 0 Å². The molecule has 0 saturated carbocycles. The van der Waals surface area contributed by atoms with Crippen LogP contribution in [-0.4, -0.2) is 45.8 Å². The summed E-state index contributed by atoms with van der Waals surface area (Å²) in [5, 5.41) is 11.7. The Hall–Kier alpha value is -1.64. The Morgan fingerprint density at radius 3 is 2.81 bits per heavy atom. The SMILES string of the molecule is CNc1ccc(C(=O)O)cc1S(=O)(=O)NCC1CCCO1. The minimum absolute atomic E-state index is 0.0773. The smallest absolute Gasteiger partial charge is 0.335 e. The van der Waals surface area contributed by atoms with Crippen molar-refractivity contribution in [3.63, 3.8) is 0 Å². The second-order valence-electron chi connectivity index (χ2n) is 4.75. The molecular weight excluding hydrogens is 296 g/mol. The minimum Gasteiger partial charge on any atom is -0.478 e. The number of aromatic carboxylic acids is 1. The van der Waals surface area contributed by atoms with Crippen LogP contribution in [0.25, 0.3) is 0 Å². The third-order valence-electron chi connectivity index (χ3n) is 3.31. The van der Waals surface area contributed by atoms with Gasteiger partial charge in [-0.05, 0) is 31.0 Å². The van der Waals surface area contributed by atoms with Gasteiger partial charge in [-0.1, -0.05) is 0 Å². The molecule has 1 aliphatic rings. The fraction of sp³-hybridized carbons (Fsp3) is 0.462. The molecule has 0 spiro atoms. The molecule has 3 N–H and O–H groups in total. The topological polar surface area (TPSA) is 105 Å². The number of hydrogen-bond acceptors (Lipinski definition) is 5. The number of rotatable bonds is 6. The molecule has 21 heavy (non-hydrogen) atoms. The van der Waals surface area contributed by atoms with Crippen molar-refractivity contribution in [3.05, 3.63) is 23.8 Å². The summed E-state index contributed by atoms with van der Waals surface area (Å²) < 4.78 is 32.5. The molecule has 1 aliphatic heterocycles. The van der Waals surface area contributed by atoms with Gasteiger partial charge in [-0.3, -0.25) is 0 Å². The third-order valence-corrected chi connectivity index (χ3v) is 4.78. The molecule has 0 bridgehead atoms. The highest BCUT2D eigenvalue weighted by molar-refractivity contribution is 7.89. The normalized spacial score (nSPS) is 18.6. The van der Waals surface area contributed by atoms with E-state index in [1.807, 2.05) is 0 Å². The Labute approximate surface area is 123 Å². The van der Waals surface area contributed by atoms with E-state index in [4.69, 9.17) is 9.84 Å². The largest absolute Gasteiger partial charge is 0.478 e. The first kappa shape index (κ1) is 15.7. The van der Waals surface area contributed by atoms with Crippen LogP contribution in [-0.2, 0) is 14.8 Å². The number of hydrogen-bond donors (Lipinski definition) is 3. The van der Waals surface area contributed by atoms with Gasteiger partial charge in [-0.25, -0.2) is 17.9 Å². The maximum Gasteiger partial charge on any atom is 0.335 e. The van der Waals surface area contributed by atoms with E-state index in [0.29, 0.717) is 12.3 Å². The Bertz CT molecular complexity index is 623. The first-order valence-corrected chi connectivity index (χ1v) is 8.08. The lowest BCUT2D eigenvalue weighted by Crippen LogP contribution is -2.32. The number of carboxylic acid groups (broad SMARTS) is 1. The minimum atomic E-state index is -3.80. The Morgan fingerprint density at radius 1 is 1.48 bits per heavy atom. The standard InChI is InChI=1S/C13H18N2O5S/c1-14-11-5-4-9(13(16)17)7-12(11)21(18,19)15-8-10-3-2-6-20-10/h4-5,7,10,14-15H,2-3,6,8H2,1H3,(H,16,17). The van der Waals surface area contributed by atoms with Crippen LogP contribution in [0.15, 0.2) is 23.1 Å². The van der Waals surface area contributed by atoms with Gasteiger partial charge < -0.3 is 15.2 Å². The zero-order valence-corrected chi connectivity index (χ0v) is 12.4. The van der Waals surface area contributed by atoms with E-state index < -0.39 is 16.0 Å². The number of anilines is 1. The Morgan fingerprint density at radius 2 is 2.24 bits per heavy atom. The molecule has 0 radical (unpaired) electrons. The van der Waals surface area contributed by atoms with E-state index in [-0.39, 0.29) is 23.1 Å². The summed E-state index contributed by atoms with van der Waals surface area (Å²) in [5.74, 6) is -1.17. The highest BCUT2D eigenvalue weighted by Gasteiger charge is 2.23. The van der Waals surface area contributed by atoms with Crippen molar-refractivity contribution in [2.75, 3.05) is 25.5 Å². The molecule has 1 unspecified atom stereocenters. The molecule has 1 aromatic rings. The summed E-state index contributed by atoms with van der Waals surface area (Å²) in [6, 6.07) is 3.93. The van der Waals surface area contributed by atoms with Gasteiger partial charge in [0, 0.05) is 20.2 Å². The predicted molar refractivity (Wildman–Crippen MR) is 77.1 cm³/mol. The van der Waals surface area contributed by atoms with Crippen LogP contribution in [0.3, 0.4) is 0 Å². The van der Waals surface area contributed by atoms with Crippen molar-refractivity contribution in [2.24, 2.45) is 0 Å². The predicted octanol–water partition coefficient (Wildman–Crippen LogP) is 0.884. The van der Waals surface area contributed by atoms with Crippen LogP contribution in [0.2, 0.25) is 0 Å². The first-order chi connectivity index (χ1) is 9.94. The molecule has 1 aromatic carbocycles. The molecule has 1 atom stereocenters. The van der Waals surface area contributed by atoms with Gasteiger partial charge in [-0.2, -0.15) is 0 Å². The van der Waals surface area contributed by atoms with Gasteiger partial charge in [0.25, 0.3) is 0 Å². The molecule has 0 aromatic heterocycles. The molecule has 1 saturated heterocycles. The van der Waals surface area contributed by atoms with Crippen LogP contribution in [0.4, 0.5) is 5.69 Å². The number of carboxylic acids is 1. The second kappa shape index (κ2) is 6.42. The zero-order chi connectivity index (χ0) is 15.5. The van der Waals surface area contributed by atoms with E-state index in [1.54, 1.807) is 7.05 Å². The summed E-state index contributed by atoms with van der Waals surface area (Å²) in [6.45, 7) is 0.825. The van der Waals surface area contributed by atoms with E-state index >= 15 is 0 Å². The average Bonchev–Trinajstić information content (AvgIpc) is 2.98. The van der Waals surface area contributed by atoms with Gasteiger partial charge in [0.05, 0.1) is 17.4 Å². The van der Waals surface area contributed by atoms with Crippen molar-refractivity contribution < 1.29 is 23.1 Å². The summed E-state index contributed by atoms with van der Waals surface area (Å²) in [5.41, 5.74) is 0.270. The lowest BCUT2D eigenvalue weighted by molar-refractivity contribution is 0.0696. The molecule has 0 amide bonds. The summed E-state index contributed by atoms with van der Waals surface area (Å²) in [4.78, 5) is 10.9. The maximum absolute atomic E-state index is 12.3. The zero-order valence-electron chi connectivity index (χ0n) is 11.6. The molecule has 1 fully saturated rings. The van der Waals surface area contributed by atoms with Gasteiger partial charge in [0.15, 0.2) is 0 Å². The van der Waals surface area contributed by atoms with Gasteiger partial charge in [-0.15, -0.1) is 0 Å². The van der Waals surface area contributed by atoms with E-state index in [9.17, 15) is 13.2 Å². The van der Waals surface area contributed by atoms with Gasteiger partial charge in [0.2, 0.25) is 10.0 Å². The number of ether oxygens (including phenoxy) is 1. The molecular formula is C13H18N2O5S. The van der Waals surface area contributed by atoms with Crippen LogP contribution < -0.4 is 10.0 Å². The Kier molecular flexibility index (Phi) is 4.81. The monoisotopic (exact) mass is 314 g/mol. The van der Waals surface area contributed by atoms with E-state index in [1.165, 1.54) is 12.1 Å². The number of nitrogens with one attached hydrogen (secondary N) is 2. The lowest BCUT2D eigenvalue weighted by atomic mass is 10.2. The molecule has 8 heteroatoms. The number of sulfonamides is 1. The number of carbonyl (C=O) groups is 1. The molecule has 116 valence electrons. The fourth-order valence-corrected chi connectivity index (χ4v) is 3.47. The van der Waals surface area contributed by atoms with Crippen LogP contribution in [0, 0.1) is 0 Å². The lowest BCUT2D eigenvalue weighted by Gasteiger charge is -2.14. The quantitative estimate of drug-likeness (QED) is 0.720. The van der Waals surface area contributed by atoms with E-state index in [2.05, 4.69) is 10.0 Å². The van der Waals surface area contributed by atoms with Crippen molar-refractivity contribution in [1.82, 2.24) is 4.72 Å². The summed E-state index contributed by atoms with van der Waals surface area (Å²) >= 11 is 0. The average molecular weight is 314 g/mol. The van der Waals surface area contributed by atoms with Crippen molar-refractivity contribution in [3.8, 4) is 0 Å². The van der Waals surface area contributed by atoms with Crippen LogP contribution >= 0.6 is 0 Å². The maximum atomic E-state index is 12.3. The molecule has 2 rings (SSSR count). The van der Waals surface area contributed by atoms with Gasteiger partial charge in [0.1, 0.15) is 4.90 Å². The highest BCUT2D eigenvalue weighted by Crippen LogP contribution is 2.23. The van der Waals surface area contributed by atoms with Gasteiger partial charge >= 0.3 is 5.97 Å². The Balaban J connectivity index is 2.24. The van der Waals surface area contributed by atoms with Crippen molar-refractivity contribution in [2.45, 2.75) is 23.8 Å². The van der Waals surface area contributed by atoms with E-state index in [0.717, 1.165) is 18.9 Å². The second-order valence-corrected chi connectivity index (χ2v) is 6.49. The first-order valence-electron chi connectivity index (χ1n) is 6.60.